The van der Waals surface area contributed by atoms with Crippen LogP contribution in [0.3, 0.4) is 0 Å². The standard InChI is InChI=1S/C14H19ClN2OS/c1-4-10-6-7-19-14(10)12(18)8-11-13(15)9(3)16-17(11)5-2/h6-7,12,18H,4-5,8H2,1-3H3. The smallest absolute Gasteiger partial charge is 0.0940 e. The van der Waals surface area contributed by atoms with Crippen LogP contribution >= 0.6 is 22.9 Å². The summed E-state index contributed by atoms with van der Waals surface area (Å²) < 4.78 is 1.88. The predicted octanol–water partition coefficient (Wildman–Crippen LogP) is 3.76. The average molecular weight is 299 g/mol. The Bertz CT molecular complexity index is 562. The lowest BCUT2D eigenvalue weighted by Crippen LogP contribution is -2.09. The van der Waals surface area contributed by atoms with Gasteiger partial charge in [0.05, 0.1) is 22.5 Å². The number of nitrogens with zero attached hydrogens (tertiary/aromatic N) is 2. The lowest BCUT2D eigenvalue weighted by atomic mass is 10.1. The van der Waals surface area contributed by atoms with E-state index in [1.807, 2.05) is 23.9 Å². The number of rotatable bonds is 5. The van der Waals surface area contributed by atoms with Crippen LogP contribution in [0.25, 0.3) is 0 Å². The van der Waals surface area contributed by atoms with Crippen molar-refractivity contribution in [3.63, 3.8) is 0 Å². The Morgan fingerprint density at radius 1 is 1.47 bits per heavy atom. The highest BCUT2D eigenvalue weighted by Crippen LogP contribution is 2.30. The number of aliphatic hydroxyl groups is 1. The van der Waals surface area contributed by atoms with Crippen molar-refractivity contribution >= 4 is 22.9 Å². The van der Waals surface area contributed by atoms with Gasteiger partial charge in [-0.25, -0.2) is 0 Å². The Balaban J connectivity index is 2.26. The molecule has 3 nitrogen and oxygen atoms in total. The molecule has 0 bridgehead atoms. The molecule has 1 N–H and O–H groups in total. The Morgan fingerprint density at radius 3 is 2.84 bits per heavy atom. The molecule has 2 aromatic heterocycles. The highest BCUT2D eigenvalue weighted by Gasteiger charge is 2.19. The Morgan fingerprint density at radius 2 is 2.21 bits per heavy atom. The van der Waals surface area contributed by atoms with Gasteiger partial charge in [0.25, 0.3) is 0 Å². The van der Waals surface area contributed by atoms with Gasteiger partial charge in [0.2, 0.25) is 0 Å². The summed E-state index contributed by atoms with van der Waals surface area (Å²) in [5.41, 5.74) is 2.96. The molecule has 0 amide bonds. The fraction of sp³-hybridized carbons (Fsp3) is 0.500. The van der Waals surface area contributed by atoms with E-state index in [4.69, 9.17) is 11.6 Å². The van der Waals surface area contributed by atoms with Crippen LogP contribution < -0.4 is 0 Å². The minimum absolute atomic E-state index is 0.506. The summed E-state index contributed by atoms with van der Waals surface area (Å²) in [6.45, 7) is 6.79. The maximum absolute atomic E-state index is 10.4. The highest BCUT2D eigenvalue weighted by molar-refractivity contribution is 7.10. The van der Waals surface area contributed by atoms with Crippen LogP contribution in [0.2, 0.25) is 5.02 Å². The molecule has 0 aliphatic heterocycles. The molecule has 0 aromatic carbocycles. The van der Waals surface area contributed by atoms with Gasteiger partial charge in [0.15, 0.2) is 0 Å². The molecule has 19 heavy (non-hydrogen) atoms. The van der Waals surface area contributed by atoms with Crippen LogP contribution in [0, 0.1) is 6.92 Å². The van der Waals surface area contributed by atoms with Crippen LogP contribution in [0.5, 0.6) is 0 Å². The first-order chi connectivity index (χ1) is 9.08. The zero-order chi connectivity index (χ0) is 14.0. The molecule has 2 aromatic rings. The molecule has 0 spiro atoms. The molecule has 2 heterocycles. The van der Waals surface area contributed by atoms with Crippen LogP contribution in [0.1, 0.15) is 41.8 Å². The molecule has 104 valence electrons. The molecular weight excluding hydrogens is 280 g/mol. The topological polar surface area (TPSA) is 38.1 Å². The van der Waals surface area contributed by atoms with Gasteiger partial charge in [-0.15, -0.1) is 11.3 Å². The van der Waals surface area contributed by atoms with Crippen molar-refractivity contribution in [2.24, 2.45) is 0 Å². The van der Waals surface area contributed by atoms with E-state index >= 15 is 0 Å². The van der Waals surface area contributed by atoms with Crippen molar-refractivity contribution < 1.29 is 5.11 Å². The SMILES string of the molecule is CCc1ccsc1C(O)Cc1c(Cl)c(C)nn1CC. The lowest BCUT2D eigenvalue weighted by molar-refractivity contribution is 0.178. The minimum atomic E-state index is -0.506. The molecule has 1 unspecified atom stereocenters. The van der Waals surface area contributed by atoms with E-state index in [0.717, 1.165) is 29.2 Å². The summed E-state index contributed by atoms with van der Waals surface area (Å²) in [7, 11) is 0. The van der Waals surface area contributed by atoms with E-state index in [0.29, 0.717) is 11.4 Å². The fourth-order valence-electron chi connectivity index (χ4n) is 2.27. The van der Waals surface area contributed by atoms with Crippen LogP contribution in [0.4, 0.5) is 0 Å². The first kappa shape index (κ1) is 14.6. The first-order valence-electron chi connectivity index (χ1n) is 6.54. The first-order valence-corrected chi connectivity index (χ1v) is 7.80. The molecule has 5 heteroatoms. The molecule has 1 atom stereocenters. The third-order valence-corrected chi connectivity index (χ3v) is 4.86. The van der Waals surface area contributed by atoms with Crippen LogP contribution in [0.15, 0.2) is 11.4 Å². The summed E-state index contributed by atoms with van der Waals surface area (Å²) in [5.74, 6) is 0. The number of thiophene rings is 1. The Labute approximate surface area is 122 Å². The number of halogens is 1. The van der Waals surface area contributed by atoms with E-state index in [9.17, 15) is 5.11 Å². The summed E-state index contributed by atoms with van der Waals surface area (Å²) >= 11 is 7.89. The second kappa shape index (κ2) is 6.07. The Hall–Kier alpha value is -0.840. The number of hydrogen-bond acceptors (Lipinski definition) is 3. The van der Waals surface area contributed by atoms with Crippen molar-refractivity contribution in [3.05, 3.63) is 38.3 Å². The Kier molecular flexibility index (Phi) is 4.66. The summed E-state index contributed by atoms with van der Waals surface area (Å²) in [4.78, 5) is 1.04. The number of aryl methyl sites for hydroxylation is 3. The highest BCUT2D eigenvalue weighted by atomic mass is 35.5. The third-order valence-electron chi connectivity index (χ3n) is 3.30. The largest absolute Gasteiger partial charge is 0.387 e. The summed E-state index contributed by atoms with van der Waals surface area (Å²) in [6, 6.07) is 2.08. The number of hydrogen-bond donors (Lipinski definition) is 1. The second-order valence-corrected chi connectivity index (χ2v) is 5.87. The number of aliphatic hydroxyl groups excluding tert-OH is 1. The monoisotopic (exact) mass is 298 g/mol. The van der Waals surface area contributed by atoms with Gasteiger partial charge < -0.3 is 5.11 Å². The normalized spacial score (nSPS) is 12.9. The molecule has 0 saturated heterocycles. The van der Waals surface area contributed by atoms with Gasteiger partial charge in [0.1, 0.15) is 0 Å². The molecule has 2 rings (SSSR count). The van der Waals surface area contributed by atoms with Crippen molar-refractivity contribution in [2.45, 2.75) is 46.3 Å². The van der Waals surface area contributed by atoms with E-state index in [1.54, 1.807) is 11.3 Å². The van der Waals surface area contributed by atoms with Crippen molar-refractivity contribution in [1.82, 2.24) is 9.78 Å². The van der Waals surface area contributed by atoms with Gasteiger partial charge >= 0.3 is 0 Å². The second-order valence-electron chi connectivity index (χ2n) is 4.55. The molecule has 0 radical (unpaired) electrons. The maximum atomic E-state index is 10.4. The lowest BCUT2D eigenvalue weighted by Gasteiger charge is -2.12. The van der Waals surface area contributed by atoms with E-state index in [2.05, 4.69) is 18.1 Å². The van der Waals surface area contributed by atoms with Gasteiger partial charge in [0, 0.05) is 17.8 Å². The van der Waals surface area contributed by atoms with Gasteiger partial charge in [-0.1, -0.05) is 18.5 Å². The summed E-state index contributed by atoms with van der Waals surface area (Å²) in [5, 5.41) is 17.5. The predicted molar refractivity (Wildman–Crippen MR) is 80.0 cm³/mol. The molecular formula is C14H19ClN2OS. The van der Waals surface area contributed by atoms with Crippen LogP contribution in [-0.2, 0) is 19.4 Å². The molecule has 0 saturated carbocycles. The van der Waals surface area contributed by atoms with Crippen molar-refractivity contribution in [1.29, 1.82) is 0 Å². The van der Waals surface area contributed by atoms with Gasteiger partial charge in [-0.05, 0) is 37.3 Å². The quantitative estimate of drug-likeness (QED) is 0.912. The molecule has 0 fully saturated rings. The number of aromatic nitrogens is 2. The van der Waals surface area contributed by atoms with E-state index in [-0.39, 0.29) is 0 Å². The third kappa shape index (κ3) is 2.86. The maximum Gasteiger partial charge on any atom is 0.0940 e. The zero-order valence-electron chi connectivity index (χ0n) is 11.5. The molecule has 0 aliphatic carbocycles. The fourth-order valence-corrected chi connectivity index (χ4v) is 3.47. The molecule has 0 aliphatic rings. The van der Waals surface area contributed by atoms with E-state index in [1.165, 1.54) is 5.56 Å². The minimum Gasteiger partial charge on any atom is -0.387 e. The van der Waals surface area contributed by atoms with Crippen molar-refractivity contribution in [3.8, 4) is 0 Å². The van der Waals surface area contributed by atoms with Crippen molar-refractivity contribution in [2.75, 3.05) is 0 Å². The van der Waals surface area contributed by atoms with Crippen LogP contribution in [-0.4, -0.2) is 14.9 Å². The summed E-state index contributed by atoms with van der Waals surface area (Å²) in [6.07, 6.45) is 0.949. The average Bonchev–Trinajstić information content (AvgIpc) is 2.98. The van der Waals surface area contributed by atoms with Gasteiger partial charge in [-0.2, -0.15) is 5.10 Å². The zero-order valence-corrected chi connectivity index (χ0v) is 13.1. The van der Waals surface area contributed by atoms with E-state index < -0.39 is 6.10 Å². The van der Waals surface area contributed by atoms with Gasteiger partial charge in [-0.3, -0.25) is 4.68 Å².